The summed E-state index contributed by atoms with van der Waals surface area (Å²) in [5.41, 5.74) is 3.19. The molecule has 176 valence electrons. The van der Waals surface area contributed by atoms with Crippen LogP contribution in [0.2, 0.25) is 0 Å². The molecule has 0 saturated heterocycles. The topological polar surface area (TPSA) is 59.6 Å². The first kappa shape index (κ1) is 27.8. The van der Waals surface area contributed by atoms with Gasteiger partial charge in [0.15, 0.2) is 5.69 Å². The van der Waals surface area contributed by atoms with Crippen molar-refractivity contribution >= 4 is 19.2 Å². The van der Waals surface area contributed by atoms with E-state index in [1.807, 2.05) is 24.0 Å². The van der Waals surface area contributed by atoms with Gasteiger partial charge >= 0.3 is 7.82 Å². The Hall–Kier alpha value is -0.260. The fourth-order valence-corrected chi connectivity index (χ4v) is 5.23. The number of aryl methyl sites for hydroxylation is 1. The Morgan fingerprint density at radius 2 is 1.33 bits per heavy atom. The van der Waals surface area contributed by atoms with Crippen LogP contribution in [0, 0.1) is 6.92 Å². The highest BCUT2D eigenvalue weighted by Gasteiger charge is 2.21. The lowest BCUT2D eigenvalue weighted by Gasteiger charge is -2.11. The number of thiazole rings is 1. The molecule has 0 saturated carbocycles. The van der Waals surface area contributed by atoms with Gasteiger partial charge in [0.2, 0.25) is 5.51 Å². The van der Waals surface area contributed by atoms with E-state index in [2.05, 4.69) is 6.92 Å². The summed E-state index contributed by atoms with van der Waals surface area (Å²) in [6.07, 6.45) is 18.6. The van der Waals surface area contributed by atoms with Gasteiger partial charge in [0.25, 0.3) is 0 Å². The van der Waals surface area contributed by atoms with Gasteiger partial charge in [-0.25, -0.2) is 4.57 Å². The standard InChI is InChI=1S/C23H44NO4PS/c1-4-5-6-7-8-9-10-11-12-13-14-15-16-17-19-27-29(25,26)28-20-18-23-22(2)24(3)21-30-23/h21H,4-20H2,1-3H3/p+1. The van der Waals surface area contributed by atoms with Crippen LogP contribution in [0.3, 0.4) is 0 Å². The van der Waals surface area contributed by atoms with Crippen molar-refractivity contribution in [2.24, 2.45) is 7.05 Å². The molecule has 0 radical (unpaired) electrons. The maximum Gasteiger partial charge on any atom is 0.472 e. The zero-order valence-corrected chi connectivity index (χ0v) is 21.3. The average Bonchev–Trinajstić information content (AvgIpc) is 3.03. The van der Waals surface area contributed by atoms with E-state index in [0.29, 0.717) is 13.0 Å². The highest BCUT2D eigenvalue weighted by atomic mass is 32.1. The van der Waals surface area contributed by atoms with E-state index in [1.54, 1.807) is 11.3 Å². The summed E-state index contributed by atoms with van der Waals surface area (Å²) in [5, 5.41) is 0. The first-order valence-corrected chi connectivity index (χ1v) is 14.4. The van der Waals surface area contributed by atoms with Crippen molar-refractivity contribution < 1.29 is 23.1 Å². The van der Waals surface area contributed by atoms with Crippen molar-refractivity contribution in [1.82, 2.24) is 0 Å². The fraction of sp³-hybridized carbons (Fsp3) is 0.870. The van der Waals surface area contributed by atoms with Crippen LogP contribution in [-0.2, 0) is 27.1 Å². The van der Waals surface area contributed by atoms with Crippen molar-refractivity contribution in [3.05, 3.63) is 16.1 Å². The van der Waals surface area contributed by atoms with Gasteiger partial charge in [-0.2, -0.15) is 4.57 Å². The van der Waals surface area contributed by atoms with Crippen LogP contribution >= 0.6 is 19.2 Å². The monoisotopic (exact) mass is 462 g/mol. The number of hydrogen-bond acceptors (Lipinski definition) is 4. The largest absolute Gasteiger partial charge is 0.472 e. The molecule has 0 aliphatic carbocycles. The number of hydrogen-bond donors (Lipinski definition) is 1. The normalized spacial score (nSPS) is 13.6. The molecule has 7 heteroatoms. The van der Waals surface area contributed by atoms with Crippen LogP contribution in [0.25, 0.3) is 0 Å². The number of phosphoric ester groups is 1. The molecule has 1 rings (SSSR count). The Bertz CT molecular complexity index is 594. The molecule has 0 aliphatic heterocycles. The summed E-state index contributed by atoms with van der Waals surface area (Å²) in [6.45, 7) is 4.80. The summed E-state index contributed by atoms with van der Waals surface area (Å²) in [4.78, 5) is 11.0. The number of phosphoric acid groups is 1. The molecule has 1 N–H and O–H groups in total. The minimum atomic E-state index is -3.93. The third kappa shape index (κ3) is 13.9. The van der Waals surface area contributed by atoms with Crippen LogP contribution in [0.15, 0.2) is 5.51 Å². The molecule has 1 heterocycles. The Labute approximate surface area is 188 Å². The lowest BCUT2D eigenvalue weighted by atomic mass is 10.0. The Morgan fingerprint density at radius 1 is 0.867 bits per heavy atom. The summed E-state index contributed by atoms with van der Waals surface area (Å²) in [6, 6.07) is 0. The van der Waals surface area contributed by atoms with Crippen molar-refractivity contribution in [2.75, 3.05) is 13.2 Å². The molecule has 0 aromatic carbocycles. The SMILES string of the molecule is CCCCCCCCCCCCCCCCOP(=O)(O)OCCc1sc[n+](C)c1C. The van der Waals surface area contributed by atoms with Crippen molar-refractivity contribution in [2.45, 2.75) is 110 Å². The van der Waals surface area contributed by atoms with Gasteiger partial charge in [0.05, 0.1) is 18.1 Å². The maximum atomic E-state index is 11.9. The predicted octanol–water partition coefficient (Wildman–Crippen LogP) is 7.04. The second-order valence-corrected chi connectivity index (χ2v) is 10.7. The molecule has 30 heavy (non-hydrogen) atoms. The molecule has 0 bridgehead atoms. The van der Waals surface area contributed by atoms with E-state index < -0.39 is 7.82 Å². The second-order valence-electron chi connectivity index (χ2n) is 8.32. The van der Waals surface area contributed by atoms with Crippen LogP contribution in [0.1, 0.15) is 107 Å². The van der Waals surface area contributed by atoms with Crippen LogP contribution in [0.5, 0.6) is 0 Å². The van der Waals surface area contributed by atoms with E-state index in [0.717, 1.165) is 12.8 Å². The van der Waals surface area contributed by atoms with E-state index in [1.165, 1.54) is 87.6 Å². The fourth-order valence-electron chi connectivity index (χ4n) is 3.51. The van der Waals surface area contributed by atoms with Crippen LogP contribution in [-0.4, -0.2) is 18.1 Å². The Morgan fingerprint density at radius 3 is 1.80 bits per heavy atom. The van der Waals surface area contributed by atoms with Gasteiger partial charge in [-0.3, -0.25) is 9.05 Å². The first-order valence-electron chi connectivity index (χ1n) is 12.0. The molecule has 1 aromatic rings. The Kier molecular flexibility index (Phi) is 16.0. The van der Waals surface area contributed by atoms with E-state index in [9.17, 15) is 9.46 Å². The average molecular weight is 463 g/mol. The van der Waals surface area contributed by atoms with Gasteiger partial charge in [-0.05, 0) is 6.42 Å². The highest BCUT2D eigenvalue weighted by molar-refractivity contribution is 7.47. The molecule has 0 fully saturated rings. The van der Waals surface area contributed by atoms with Crippen LogP contribution < -0.4 is 4.57 Å². The third-order valence-electron chi connectivity index (χ3n) is 5.62. The summed E-state index contributed by atoms with van der Waals surface area (Å²) in [5.74, 6) is 0. The first-order chi connectivity index (χ1) is 14.5. The minimum Gasteiger partial charge on any atom is -0.302 e. The maximum absolute atomic E-state index is 11.9. The lowest BCUT2D eigenvalue weighted by molar-refractivity contribution is -0.672. The third-order valence-corrected chi connectivity index (χ3v) is 7.84. The molecule has 1 unspecified atom stereocenters. The highest BCUT2D eigenvalue weighted by Crippen LogP contribution is 2.43. The molecule has 1 atom stereocenters. The quantitative estimate of drug-likeness (QED) is 0.128. The lowest BCUT2D eigenvalue weighted by Crippen LogP contribution is -2.28. The number of rotatable bonds is 20. The summed E-state index contributed by atoms with van der Waals surface area (Å²) in [7, 11) is -1.93. The van der Waals surface area contributed by atoms with Crippen molar-refractivity contribution in [3.8, 4) is 0 Å². The molecule has 0 spiro atoms. The number of nitrogens with zero attached hydrogens (tertiary/aromatic N) is 1. The van der Waals surface area contributed by atoms with Gasteiger partial charge in [0, 0.05) is 13.3 Å². The predicted molar refractivity (Wildman–Crippen MR) is 126 cm³/mol. The summed E-state index contributed by atoms with van der Waals surface area (Å²) >= 11 is 1.64. The number of unbranched alkanes of at least 4 members (excludes halogenated alkanes) is 13. The molecule has 1 aromatic heterocycles. The van der Waals surface area contributed by atoms with E-state index >= 15 is 0 Å². The van der Waals surface area contributed by atoms with E-state index in [-0.39, 0.29) is 6.61 Å². The van der Waals surface area contributed by atoms with Crippen molar-refractivity contribution in [1.29, 1.82) is 0 Å². The van der Waals surface area contributed by atoms with E-state index in [4.69, 9.17) is 9.05 Å². The molecule has 0 amide bonds. The van der Waals surface area contributed by atoms with Gasteiger partial charge in [0.1, 0.15) is 7.05 Å². The molecular formula is C23H45NO4PS+. The van der Waals surface area contributed by atoms with Gasteiger partial charge < -0.3 is 4.89 Å². The second kappa shape index (κ2) is 17.3. The zero-order valence-electron chi connectivity index (χ0n) is 19.6. The summed E-state index contributed by atoms with van der Waals surface area (Å²) < 4.78 is 24.2. The molecule has 5 nitrogen and oxygen atoms in total. The molecular weight excluding hydrogens is 417 g/mol. The smallest absolute Gasteiger partial charge is 0.302 e. The van der Waals surface area contributed by atoms with Crippen molar-refractivity contribution in [3.63, 3.8) is 0 Å². The van der Waals surface area contributed by atoms with Crippen LogP contribution in [0.4, 0.5) is 0 Å². The van der Waals surface area contributed by atoms with Gasteiger partial charge in [-0.15, -0.1) is 0 Å². The molecule has 0 aliphatic rings. The Balaban J connectivity index is 1.88. The minimum absolute atomic E-state index is 0.202. The van der Waals surface area contributed by atoms with Gasteiger partial charge in [-0.1, -0.05) is 102 Å². The zero-order chi connectivity index (χ0) is 22.1. The number of aromatic nitrogens is 1.